The third-order valence-corrected chi connectivity index (χ3v) is 5.74. The number of carbonyl (C=O) groups excluding carboxylic acids is 1. The Labute approximate surface area is 178 Å². The summed E-state index contributed by atoms with van der Waals surface area (Å²) in [6.07, 6.45) is 0. The average molecular weight is 509 g/mol. The molecule has 0 bridgehead atoms. The van der Waals surface area contributed by atoms with Crippen LogP contribution in [-0.4, -0.2) is 35.6 Å². The SMILES string of the molecule is CCOC(=O)c1sc(C(C)NC(=NC)NCc2scnc2C)nc1C.I. The van der Waals surface area contributed by atoms with Crippen molar-refractivity contribution in [2.45, 2.75) is 40.3 Å². The summed E-state index contributed by atoms with van der Waals surface area (Å²) in [4.78, 5) is 26.6. The number of thiazole rings is 2. The smallest absolute Gasteiger partial charge is 0.350 e. The van der Waals surface area contributed by atoms with E-state index in [1.54, 1.807) is 25.3 Å². The van der Waals surface area contributed by atoms with E-state index in [2.05, 4.69) is 25.6 Å². The van der Waals surface area contributed by atoms with E-state index < -0.39 is 0 Å². The zero-order chi connectivity index (χ0) is 18.4. The molecular weight excluding hydrogens is 485 g/mol. The van der Waals surface area contributed by atoms with Crippen LogP contribution in [0.4, 0.5) is 0 Å². The highest BCUT2D eigenvalue weighted by atomic mass is 127. The molecule has 0 aliphatic carbocycles. The number of esters is 1. The number of nitrogens with zero attached hydrogens (tertiary/aromatic N) is 3. The number of guanidine groups is 1. The Kier molecular flexibility index (Phi) is 9.44. The lowest BCUT2D eigenvalue weighted by Crippen LogP contribution is -2.38. The number of carbonyl (C=O) groups is 1. The molecule has 0 fully saturated rings. The van der Waals surface area contributed by atoms with Crippen molar-refractivity contribution >= 4 is 58.6 Å². The van der Waals surface area contributed by atoms with Crippen molar-refractivity contribution in [2.75, 3.05) is 13.7 Å². The lowest BCUT2D eigenvalue weighted by atomic mass is 10.3. The van der Waals surface area contributed by atoms with Crippen LogP contribution in [0.3, 0.4) is 0 Å². The van der Waals surface area contributed by atoms with Gasteiger partial charge in [0, 0.05) is 11.9 Å². The molecule has 144 valence electrons. The van der Waals surface area contributed by atoms with Crippen LogP contribution in [0.5, 0.6) is 0 Å². The first-order valence-electron chi connectivity index (χ1n) is 7.96. The number of hydrogen-bond acceptors (Lipinski definition) is 7. The Hall–Kier alpha value is -1.27. The van der Waals surface area contributed by atoms with Crippen LogP contribution in [0.1, 0.15) is 50.8 Å². The average Bonchev–Trinajstić information content (AvgIpc) is 3.17. The Bertz CT molecular complexity index is 760. The number of rotatable bonds is 6. The summed E-state index contributed by atoms with van der Waals surface area (Å²) >= 11 is 2.96. The Balaban J connectivity index is 0.00000338. The van der Waals surface area contributed by atoms with E-state index in [1.807, 2.05) is 26.3 Å². The van der Waals surface area contributed by atoms with Crippen LogP contribution in [0.15, 0.2) is 10.5 Å². The van der Waals surface area contributed by atoms with Crippen LogP contribution in [0.2, 0.25) is 0 Å². The number of halogens is 1. The first-order valence-corrected chi connectivity index (χ1v) is 9.66. The molecule has 2 N–H and O–H groups in total. The van der Waals surface area contributed by atoms with Gasteiger partial charge in [-0.1, -0.05) is 0 Å². The normalized spacial score (nSPS) is 12.3. The monoisotopic (exact) mass is 509 g/mol. The third kappa shape index (κ3) is 5.88. The summed E-state index contributed by atoms with van der Waals surface area (Å²) in [5.74, 6) is 0.352. The predicted molar refractivity (Wildman–Crippen MR) is 117 cm³/mol. The minimum Gasteiger partial charge on any atom is -0.462 e. The first-order chi connectivity index (χ1) is 12.0. The maximum absolute atomic E-state index is 11.9. The van der Waals surface area contributed by atoms with Crippen molar-refractivity contribution in [1.82, 2.24) is 20.6 Å². The van der Waals surface area contributed by atoms with Crippen molar-refractivity contribution in [3.8, 4) is 0 Å². The van der Waals surface area contributed by atoms with Gasteiger partial charge >= 0.3 is 5.97 Å². The predicted octanol–water partition coefficient (Wildman–Crippen LogP) is 3.44. The number of aliphatic imine (C=N–C) groups is 1. The number of aryl methyl sites for hydroxylation is 2. The van der Waals surface area contributed by atoms with E-state index in [9.17, 15) is 4.79 Å². The zero-order valence-corrected chi connectivity index (χ0v) is 19.4. The molecular formula is C16H24IN5O2S2. The van der Waals surface area contributed by atoms with Gasteiger partial charge in [0.05, 0.1) is 36.1 Å². The number of hydrogen-bond donors (Lipinski definition) is 2. The number of aromatic nitrogens is 2. The highest BCUT2D eigenvalue weighted by molar-refractivity contribution is 14.0. The second-order valence-electron chi connectivity index (χ2n) is 5.34. The molecule has 7 nitrogen and oxygen atoms in total. The lowest BCUT2D eigenvalue weighted by Gasteiger charge is -2.16. The zero-order valence-electron chi connectivity index (χ0n) is 15.5. The van der Waals surface area contributed by atoms with Crippen molar-refractivity contribution in [3.63, 3.8) is 0 Å². The molecule has 0 saturated heterocycles. The fourth-order valence-electron chi connectivity index (χ4n) is 2.11. The summed E-state index contributed by atoms with van der Waals surface area (Å²) in [5, 5.41) is 7.38. The van der Waals surface area contributed by atoms with Gasteiger partial charge in [-0.3, -0.25) is 4.99 Å². The maximum Gasteiger partial charge on any atom is 0.350 e. The van der Waals surface area contributed by atoms with Crippen molar-refractivity contribution in [2.24, 2.45) is 4.99 Å². The van der Waals surface area contributed by atoms with Gasteiger partial charge in [-0.25, -0.2) is 14.8 Å². The molecule has 26 heavy (non-hydrogen) atoms. The van der Waals surface area contributed by atoms with Gasteiger partial charge in [0.15, 0.2) is 5.96 Å². The van der Waals surface area contributed by atoms with Crippen molar-refractivity contribution in [1.29, 1.82) is 0 Å². The standard InChI is InChI=1S/C16H23N5O2S2.HI/c1-6-23-15(22)13-10(3)20-14(25-13)11(4)21-16(17-5)18-7-12-9(2)19-8-24-12;/h8,11H,6-7H2,1-5H3,(H2,17,18,21);1H. The fourth-order valence-corrected chi connectivity index (χ4v) is 3.79. The molecule has 2 aromatic rings. The summed E-state index contributed by atoms with van der Waals surface area (Å²) < 4.78 is 5.07. The lowest BCUT2D eigenvalue weighted by molar-refractivity contribution is 0.0531. The minimum atomic E-state index is -0.320. The van der Waals surface area contributed by atoms with Crippen LogP contribution < -0.4 is 10.6 Å². The molecule has 0 aromatic carbocycles. The molecule has 0 spiro atoms. The molecule has 0 amide bonds. The van der Waals surface area contributed by atoms with Gasteiger partial charge in [-0.2, -0.15) is 0 Å². The Morgan fingerprint density at radius 2 is 2.12 bits per heavy atom. The summed E-state index contributed by atoms with van der Waals surface area (Å²) in [6, 6.07) is -0.0827. The van der Waals surface area contributed by atoms with Gasteiger partial charge in [-0.05, 0) is 27.7 Å². The van der Waals surface area contributed by atoms with Crippen molar-refractivity contribution < 1.29 is 9.53 Å². The highest BCUT2D eigenvalue weighted by Gasteiger charge is 2.20. The molecule has 2 rings (SSSR count). The van der Waals surface area contributed by atoms with E-state index in [0.717, 1.165) is 10.7 Å². The van der Waals surface area contributed by atoms with E-state index in [0.29, 0.717) is 29.7 Å². The molecule has 0 aliphatic heterocycles. The van der Waals surface area contributed by atoms with Crippen LogP contribution in [-0.2, 0) is 11.3 Å². The van der Waals surface area contributed by atoms with Gasteiger partial charge in [0.1, 0.15) is 9.88 Å². The largest absolute Gasteiger partial charge is 0.462 e. The van der Waals surface area contributed by atoms with E-state index in [-0.39, 0.29) is 36.0 Å². The van der Waals surface area contributed by atoms with Crippen LogP contribution in [0, 0.1) is 13.8 Å². The fraction of sp³-hybridized carbons (Fsp3) is 0.500. The van der Waals surface area contributed by atoms with Gasteiger partial charge in [-0.15, -0.1) is 46.7 Å². The molecule has 0 aliphatic rings. The van der Waals surface area contributed by atoms with Gasteiger partial charge < -0.3 is 15.4 Å². The Morgan fingerprint density at radius 3 is 2.69 bits per heavy atom. The number of ether oxygens (including phenoxy) is 1. The van der Waals surface area contributed by atoms with E-state index in [1.165, 1.54) is 16.2 Å². The molecule has 0 radical (unpaired) electrons. The summed E-state index contributed by atoms with van der Waals surface area (Å²) in [7, 11) is 1.72. The summed E-state index contributed by atoms with van der Waals surface area (Å²) in [5.41, 5.74) is 3.55. The second kappa shape index (κ2) is 10.8. The van der Waals surface area contributed by atoms with Crippen LogP contribution in [0.25, 0.3) is 0 Å². The highest BCUT2D eigenvalue weighted by Crippen LogP contribution is 2.24. The van der Waals surface area contributed by atoms with Gasteiger partial charge in [0.2, 0.25) is 0 Å². The minimum absolute atomic E-state index is 0. The van der Waals surface area contributed by atoms with E-state index >= 15 is 0 Å². The maximum atomic E-state index is 11.9. The van der Waals surface area contributed by atoms with E-state index in [4.69, 9.17) is 4.74 Å². The molecule has 1 unspecified atom stereocenters. The molecule has 2 aromatic heterocycles. The van der Waals surface area contributed by atoms with Crippen molar-refractivity contribution in [3.05, 3.63) is 31.7 Å². The van der Waals surface area contributed by atoms with Gasteiger partial charge in [0.25, 0.3) is 0 Å². The summed E-state index contributed by atoms with van der Waals surface area (Å²) in [6.45, 7) is 8.60. The third-order valence-electron chi connectivity index (χ3n) is 3.48. The Morgan fingerprint density at radius 1 is 1.38 bits per heavy atom. The molecule has 2 heterocycles. The number of nitrogens with one attached hydrogen (secondary N) is 2. The quantitative estimate of drug-likeness (QED) is 0.269. The molecule has 0 saturated carbocycles. The first kappa shape index (κ1) is 22.8. The topological polar surface area (TPSA) is 88.5 Å². The van der Waals surface area contributed by atoms with Crippen LogP contribution >= 0.6 is 46.7 Å². The second-order valence-corrected chi connectivity index (χ2v) is 7.31. The molecule has 10 heteroatoms. The molecule has 1 atom stereocenters.